The molecule has 0 fully saturated rings. The van der Waals surface area contributed by atoms with Crippen molar-refractivity contribution in [1.82, 2.24) is 0 Å². The summed E-state index contributed by atoms with van der Waals surface area (Å²) in [6.07, 6.45) is 0. The van der Waals surface area contributed by atoms with Gasteiger partial charge in [0.15, 0.2) is 4.87 Å². The zero-order chi connectivity index (χ0) is 15.0. The Morgan fingerprint density at radius 3 is 2.62 bits per heavy atom. The molecule has 2 aromatic rings. The highest BCUT2D eigenvalue weighted by atomic mass is 35.5. The summed E-state index contributed by atoms with van der Waals surface area (Å²) in [7, 11) is 0. The molecule has 0 aliphatic carbocycles. The summed E-state index contributed by atoms with van der Waals surface area (Å²) in [5, 5.41) is 9.92. The second-order valence-corrected chi connectivity index (χ2v) is 6.63. The molecule has 0 bridgehead atoms. The van der Waals surface area contributed by atoms with Gasteiger partial charge in [0.25, 0.3) is 5.91 Å². The zero-order valence-corrected chi connectivity index (χ0v) is 12.8. The number of amides is 1. The number of hydrogen-bond acceptors (Lipinski definition) is 3. The van der Waals surface area contributed by atoms with Crippen LogP contribution < -0.4 is 4.90 Å². The van der Waals surface area contributed by atoms with Gasteiger partial charge in [0, 0.05) is 4.90 Å². The number of nitrogens with zero attached hydrogens (tertiary/aromatic N) is 2. The van der Waals surface area contributed by atoms with Crippen molar-refractivity contribution < 1.29 is 4.79 Å². The molecule has 3 rings (SSSR count). The monoisotopic (exact) mass is 314 g/mol. The molecule has 0 saturated heterocycles. The van der Waals surface area contributed by atoms with Crippen molar-refractivity contribution in [3.63, 3.8) is 0 Å². The maximum absolute atomic E-state index is 12.9. The molecular weight excluding hydrogens is 304 g/mol. The highest BCUT2D eigenvalue weighted by Gasteiger charge is 2.45. The average Bonchev–Trinajstić information content (AvgIpc) is 2.80. The van der Waals surface area contributed by atoms with Crippen LogP contribution in [0.5, 0.6) is 0 Å². The van der Waals surface area contributed by atoms with Crippen LogP contribution in [-0.4, -0.2) is 10.8 Å². The maximum atomic E-state index is 12.9. The van der Waals surface area contributed by atoms with E-state index in [0.29, 0.717) is 10.6 Å². The number of rotatable bonds is 1. The molecule has 1 unspecified atom stereocenters. The van der Waals surface area contributed by atoms with Gasteiger partial charge in [-0.2, -0.15) is 5.26 Å². The Morgan fingerprint density at radius 2 is 1.90 bits per heavy atom. The van der Waals surface area contributed by atoms with Crippen LogP contribution >= 0.6 is 23.4 Å². The van der Waals surface area contributed by atoms with E-state index in [1.165, 1.54) is 16.7 Å². The molecule has 0 spiro atoms. The lowest BCUT2D eigenvalue weighted by molar-refractivity contribution is 0.0981. The number of carbonyl (C=O) groups is 1. The topological polar surface area (TPSA) is 44.1 Å². The average molecular weight is 315 g/mol. The Kier molecular flexibility index (Phi) is 3.40. The van der Waals surface area contributed by atoms with Crippen LogP contribution in [0.3, 0.4) is 0 Å². The van der Waals surface area contributed by atoms with Crippen LogP contribution in [0.4, 0.5) is 5.69 Å². The number of benzene rings is 2. The molecule has 1 heterocycles. The Morgan fingerprint density at radius 1 is 1.24 bits per heavy atom. The van der Waals surface area contributed by atoms with Crippen LogP contribution in [0.25, 0.3) is 0 Å². The van der Waals surface area contributed by atoms with E-state index in [-0.39, 0.29) is 5.91 Å². The van der Waals surface area contributed by atoms with E-state index in [0.717, 1.165) is 10.6 Å². The van der Waals surface area contributed by atoms with Crippen molar-refractivity contribution in [1.29, 1.82) is 5.26 Å². The molecule has 0 radical (unpaired) electrons. The minimum Gasteiger partial charge on any atom is -0.279 e. The van der Waals surface area contributed by atoms with Gasteiger partial charge in [-0.25, -0.2) is 0 Å². The molecule has 0 N–H and O–H groups in total. The third-order valence-corrected chi connectivity index (χ3v) is 4.92. The standard InChI is InChI=1S/C16H11ClN2OS/c1-16(10-18)19(13-8-4-5-9-14(13)21-16)15(20)11-6-2-3-7-12(11)17/h2-9H,1H3. The fourth-order valence-corrected chi connectivity index (χ4v) is 3.72. The van der Waals surface area contributed by atoms with Gasteiger partial charge >= 0.3 is 0 Å². The minimum absolute atomic E-state index is 0.262. The Balaban J connectivity index is 2.14. The first-order valence-corrected chi connectivity index (χ1v) is 7.54. The van der Waals surface area contributed by atoms with Gasteiger partial charge in [-0.05, 0) is 31.2 Å². The van der Waals surface area contributed by atoms with Crippen molar-refractivity contribution in [2.45, 2.75) is 16.7 Å². The van der Waals surface area contributed by atoms with E-state index in [1.54, 1.807) is 31.2 Å². The first kappa shape index (κ1) is 14.0. The largest absolute Gasteiger partial charge is 0.279 e. The molecule has 21 heavy (non-hydrogen) atoms. The van der Waals surface area contributed by atoms with Gasteiger partial charge in [-0.3, -0.25) is 9.69 Å². The molecule has 5 heteroatoms. The summed E-state index contributed by atoms with van der Waals surface area (Å²) in [6, 6.07) is 16.6. The predicted molar refractivity (Wildman–Crippen MR) is 84.6 cm³/mol. The quantitative estimate of drug-likeness (QED) is 0.786. The van der Waals surface area contributed by atoms with Gasteiger partial charge in [0.05, 0.1) is 16.3 Å². The number of halogens is 1. The first-order valence-electron chi connectivity index (χ1n) is 6.35. The lowest BCUT2D eigenvalue weighted by Gasteiger charge is -2.28. The summed E-state index contributed by atoms with van der Waals surface area (Å²) >= 11 is 7.50. The normalized spacial score (nSPS) is 20.0. The van der Waals surface area contributed by atoms with E-state index in [1.807, 2.05) is 24.3 Å². The lowest BCUT2D eigenvalue weighted by Crippen LogP contribution is -2.44. The maximum Gasteiger partial charge on any atom is 0.261 e. The van der Waals surface area contributed by atoms with Crippen molar-refractivity contribution >= 4 is 35.0 Å². The molecule has 3 nitrogen and oxygen atoms in total. The summed E-state index contributed by atoms with van der Waals surface area (Å²) in [5.74, 6) is -0.262. The zero-order valence-electron chi connectivity index (χ0n) is 11.2. The van der Waals surface area contributed by atoms with Crippen molar-refractivity contribution in [2.75, 3.05) is 4.90 Å². The second-order valence-electron chi connectivity index (χ2n) is 4.78. The first-order chi connectivity index (χ1) is 10.1. The molecule has 2 aromatic carbocycles. The van der Waals surface area contributed by atoms with Crippen LogP contribution in [-0.2, 0) is 0 Å². The number of hydrogen-bond donors (Lipinski definition) is 0. The van der Waals surface area contributed by atoms with E-state index in [9.17, 15) is 10.1 Å². The third kappa shape index (κ3) is 2.19. The van der Waals surface area contributed by atoms with E-state index in [2.05, 4.69) is 6.07 Å². The Bertz CT molecular complexity index is 771. The Labute approximate surface area is 132 Å². The van der Waals surface area contributed by atoms with Crippen LogP contribution in [0.1, 0.15) is 17.3 Å². The van der Waals surface area contributed by atoms with Crippen LogP contribution in [0, 0.1) is 11.3 Å². The Hall–Kier alpha value is -1.96. The highest BCUT2D eigenvalue weighted by Crippen LogP contribution is 2.50. The number of thioether (sulfide) groups is 1. The summed E-state index contributed by atoms with van der Waals surface area (Å²) in [5.41, 5.74) is 1.15. The van der Waals surface area contributed by atoms with Crippen molar-refractivity contribution in [3.05, 3.63) is 59.1 Å². The fraction of sp³-hybridized carbons (Fsp3) is 0.125. The van der Waals surface area contributed by atoms with Crippen molar-refractivity contribution in [2.24, 2.45) is 0 Å². The number of nitriles is 1. The van der Waals surface area contributed by atoms with Gasteiger partial charge in [-0.1, -0.05) is 47.6 Å². The van der Waals surface area contributed by atoms with Crippen LogP contribution in [0.2, 0.25) is 5.02 Å². The molecule has 0 saturated carbocycles. The van der Waals surface area contributed by atoms with Gasteiger partial charge in [0.1, 0.15) is 6.07 Å². The number of carbonyl (C=O) groups excluding carboxylic acids is 1. The number of anilines is 1. The van der Waals surface area contributed by atoms with E-state index in [4.69, 9.17) is 11.6 Å². The summed E-state index contributed by atoms with van der Waals surface area (Å²) < 4.78 is 0. The molecular formula is C16H11ClN2OS. The summed E-state index contributed by atoms with van der Waals surface area (Å²) in [6.45, 7) is 1.74. The van der Waals surface area contributed by atoms with Gasteiger partial charge < -0.3 is 0 Å². The molecule has 0 aromatic heterocycles. The van der Waals surface area contributed by atoms with Gasteiger partial charge in [0.2, 0.25) is 0 Å². The fourth-order valence-electron chi connectivity index (χ4n) is 2.35. The second kappa shape index (κ2) is 5.10. The minimum atomic E-state index is -0.972. The highest BCUT2D eigenvalue weighted by molar-refractivity contribution is 8.01. The lowest BCUT2D eigenvalue weighted by atomic mass is 10.1. The number of para-hydroxylation sites is 1. The van der Waals surface area contributed by atoms with E-state index >= 15 is 0 Å². The van der Waals surface area contributed by atoms with Crippen molar-refractivity contribution in [3.8, 4) is 6.07 Å². The van der Waals surface area contributed by atoms with Crippen LogP contribution in [0.15, 0.2) is 53.4 Å². The molecule has 1 aliphatic heterocycles. The number of fused-ring (bicyclic) bond motifs is 1. The molecule has 1 atom stereocenters. The molecule has 104 valence electrons. The smallest absolute Gasteiger partial charge is 0.261 e. The molecule has 1 amide bonds. The third-order valence-electron chi connectivity index (χ3n) is 3.36. The molecule has 1 aliphatic rings. The summed E-state index contributed by atoms with van der Waals surface area (Å²) in [4.78, 5) is 14.4. The SMILES string of the molecule is CC1(C#N)Sc2ccccc2N1C(=O)c1ccccc1Cl. The van der Waals surface area contributed by atoms with E-state index < -0.39 is 4.87 Å². The van der Waals surface area contributed by atoms with Gasteiger partial charge in [-0.15, -0.1) is 0 Å². The predicted octanol–water partition coefficient (Wildman–Crippen LogP) is 4.33.